The summed E-state index contributed by atoms with van der Waals surface area (Å²) in [6.07, 6.45) is 15.3. The van der Waals surface area contributed by atoms with Gasteiger partial charge in [-0.1, -0.05) is 141 Å². The summed E-state index contributed by atoms with van der Waals surface area (Å²) in [7, 11) is 0. The van der Waals surface area contributed by atoms with Crippen LogP contribution in [0.15, 0.2) is 145 Å². The molecular formula is C62H74N2O7. The summed E-state index contributed by atoms with van der Waals surface area (Å²) in [5.41, 5.74) is 5.55. The highest BCUT2D eigenvalue weighted by Gasteiger charge is 2.65. The van der Waals surface area contributed by atoms with E-state index in [4.69, 9.17) is 24.2 Å². The molecule has 4 aliphatic rings. The predicted molar refractivity (Wildman–Crippen MR) is 283 cm³/mol. The normalized spacial score (nSPS) is 23.4. The van der Waals surface area contributed by atoms with Gasteiger partial charge < -0.3 is 34.2 Å². The van der Waals surface area contributed by atoms with Crippen LogP contribution in [0.4, 0.5) is 0 Å². The van der Waals surface area contributed by atoms with E-state index in [-0.39, 0.29) is 43.5 Å². The fourth-order valence-electron chi connectivity index (χ4n) is 12.1. The number of allylic oxidation sites excluding steroid dienone is 1. The minimum Gasteiger partial charge on any atom is -0.459 e. The maximum atomic E-state index is 15.6. The second-order valence-electron chi connectivity index (χ2n) is 21.3. The topological polar surface area (TPSA) is 110 Å². The van der Waals surface area contributed by atoms with Gasteiger partial charge in [0.1, 0.15) is 28.9 Å². The van der Waals surface area contributed by atoms with E-state index < -0.39 is 23.3 Å². The van der Waals surface area contributed by atoms with Gasteiger partial charge in [-0.2, -0.15) is 0 Å². The van der Waals surface area contributed by atoms with E-state index in [1.807, 2.05) is 63.2 Å². The predicted octanol–water partition coefficient (Wildman–Crippen LogP) is 13.7. The molecule has 9 nitrogen and oxygen atoms in total. The number of aliphatic hydroxyl groups is 2. The molecule has 5 aromatic rings. The fraction of sp³-hybridized carbons (Fsp3) is 0.452. The summed E-state index contributed by atoms with van der Waals surface area (Å²) in [4.78, 5) is 24.1. The molecule has 6 atom stereocenters. The van der Waals surface area contributed by atoms with Crippen LogP contribution >= 0.6 is 0 Å². The SMILES string of the molecule is C=CCOC12Oc3ccc(Oc4ccc(-c5ccccc5)cc4)cc3C3C(CCCCO)C(CCCCO)C=C(C(=NOC(C)(C)C)CC1N(Cc1cccc4ccccc14)C(=O)CCC1CCCC1)C32. The van der Waals surface area contributed by atoms with Gasteiger partial charge in [0.15, 0.2) is 0 Å². The molecule has 3 aliphatic carbocycles. The third kappa shape index (κ3) is 11.3. The van der Waals surface area contributed by atoms with E-state index in [1.54, 1.807) is 6.08 Å². The zero-order valence-electron chi connectivity index (χ0n) is 42.1. The molecule has 5 aromatic carbocycles. The summed E-state index contributed by atoms with van der Waals surface area (Å²) in [6, 6.07) is 38.9. The number of fused-ring (bicyclic) bond motifs is 3. The number of ether oxygens (including phenoxy) is 3. The first kappa shape index (κ1) is 50.2. The first-order valence-electron chi connectivity index (χ1n) is 26.4. The highest BCUT2D eigenvalue weighted by Crippen LogP contribution is 2.62. The van der Waals surface area contributed by atoms with Crippen LogP contribution in [0.1, 0.15) is 121 Å². The van der Waals surface area contributed by atoms with Gasteiger partial charge in [-0.3, -0.25) is 4.79 Å². The van der Waals surface area contributed by atoms with Crippen molar-refractivity contribution in [3.8, 4) is 28.4 Å². The molecule has 2 N–H and O–H groups in total. The second-order valence-corrected chi connectivity index (χ2v) is 21.3. The van der Waals surface area contributed by atoms with Crippen LogP contribution in [0.2, 0.25) is 0 Å². The van der Waals surface area contributed by atoms with Gasteiger partial charge >= 0.3 is 0 Å². The molecular weight excluding hydrogens is 885 g/mol. The number of benzene rings is 5. The van der Waals surface area contributed by atoms with Gasteiger partial charge in [0.2, 0.25) is 11.7 Å². The third-order valence-corrected chi connectivity index (χ3v) is 15.4. The highest BCUT2D eigenvalue weighted by molar-refractivity contribution is 6.03. The number of hydrogen-bond acceptors (Lipinski definition) is 8. The second kappa shape index (κ2) is 22.8. The minimum atomic E-state index is -1.37. The largest absolute Gasteiger partial charge is 0.459 e. The number of carbonyl (C=O) groups excluding carboxylic acids is 1. The van der Waals surface area contributed by atoms with Crippen LogP contribution < -0.4 is 9.47 Å². The zero-order valence-corrected chi connectivity index (χ0v) is 42.1. The molecule has 1 aliphatic heterocycles. The van der Waals surface area contributed by atoms with Crippen LogP contribution in [0.3, 0.4) is 0 Å². The van der Waals surface area contributed by atoms with Gasteiger partial charge in [0, 0.05) is 44.1 Å². The summed E-state index contributed by atoms with van der Waals surface area (Å²) in [5, 5.41) is 27.6. The van der Waals surface area contributed by atoms with E-state index in [9.17, 15) is 10.2 Å². The number of unbranched alkanes of at least 4 members (excludes halogenated alkanes) is 2. The third-order valence-electron chi connectivity index (χ3n) is 15.4. The van der Waals surface area contributed by atoms with Crippen molar-refractivity contribution in [2.45, 2.75) is 134 Å². The van der Waals surface area contributed by atoms with Crippen molar-refractivity contribution in [1.29, 1.82) is 0 Å². The molecule has 6 unspecified atom stereocenters. The lowest BCUT2D eigenvalue weighted by Crippen LogP contribution is -2.70. The van der Waals surface area contributed by atoms with Crippen LogP contribution in [-0.4, -0.2) is 64.0 Å². The maximum Gasteiger partial charge on any atom is 0.239 e. The molecule has 0 bridgehead atoms. The van der Waals surface area contributed by atoms with Gasteiger partial charge in [0.25, 0.3) is 0 Å². The van der Waals surface area contributed by atoms with Crippen LogP contribution in [0.25, 0.3) is 21.9 Å². The van der Waals surface area contributed by atoms with Gasteiger partial charge in [-0.15, -0.1) is 6.58 Å². The summed E-state index contributed by atoms with van der Waals surface area (Å²) in [6.45, 7) is 11.0. The Kier molecular flexibility index (Phi) is 16.1. The van der Waals surface area contributed by atoms with E-state index in [0.717, 1.165) is 95.0 Å². The van der Waals surface area contributed by atoms with Crippen LogP contribution in [0.5, 0.6) is 17.2 Å². The van der Waals surface area contributed by atoms with Gasteiger partial charge in [-0.05, 0) is 134 Å². The Balaban J connectivity index is 1.22. The molecule has 9 heteroatoms. The van der Waals surface area contributed by atoms with E-state index in [1.165, 1.54) is 12.8 Å². The lowest BCUT2D eigenvalue weighted by molar-refractivity contribution is -0.258. The highest BCUT2D eigenvalue weighted by atomic mass is 16.7. The molecule has 2 fully saturated rings. The summed E-state index contributed by atoms with van der Waals surface area (Å²) in [5.74, 6) is 0.928. The number of oxime groups is 1. The molecule has 9 rings (SSSR count). The van der Waals surface area contributed by atoms with Crippen molar-refractivity contribution >= 4 is 22.4 Å². The minimum absolute atomic E-state index is 0.0742. The Morgan fingerprint density at radius 3 is 2.28 bits per heavy atom. The molecule has 71 heavy (non-hydrogen) atoms. The number of amides is 1. The van der Waals surface area contributed by atoms with Crippen LogP contribution in [-0.2, 0) is 20.9 Å². The molecule has 1 heterocycles. The average Bonchev–Trinajstić information content (AvgIpc) is 3.91. The summed E-state index contributed by atoms with van der Waals surface area (Å²) < 4.78 is 21.7. The molecule has 0 aromatic heterocycles. The van der Waals surface area contributed by atoms with Crippen molar-refractivity contribution in [2.24, 2.45) is 28.8 Å². The van der Waals surface area contributed by atoms with Crippen LogP contribution in [0, 0.1) is 23.7 Å². The Morgan fingerprint density at radius 2 is 1.54 bits per heavy atom. The lowest BCUT2D eigenvalue weighted by atomic mass is 9.55. The van der Waals surface area contributed by atoms with Crippen molar-refractivity contribution in [1.82, 2.24) is 4.90 Å². The molecule has 1 amide bonds. The quantitative estimate of drug-likeness (QED) is 0.0428. The molecule has 374 valence electrons. The van der Waals surface area contributed by atoms with Crippen molar-refractivity contribution in [3.63, 3.8) is 0 Å². The lowest BCUT2D eigenvalue weighted by Gasteiger charge is -2.60. The smallest absolute Gasteiger partial charge is 0.239 e. The average molecular weight is 959 g/mol. The first-order valence-corrected chi connectivity index (χ1v) is 26.4. The van der Waals surface area contributed by atoms with Crippen molar-refractivity contribution in [3.05, 3.63) is 151 Å². The van der Waals surface area contributed by atoms with E-state index >= 15 is 4.79 Å². The standard InChI is InChI=1S/C62H74N2O7/c1-5-38-68-62-57(64(58(67)35-28-43-18-9-10-19-43)42-48-25-17-24-46-22-11-12-26-51(46)48)41-55(63-71-61(2,3)4)53-39-47(23-13-15-36-65)52(27-14-16-37-66)59(60(53)62)54-40-50(33-34-56(54)70-62)69-49-31-29-45(30-32-49)44-20-7-6-8-21-44/h5-8,11-12,17,20-22,24-26,29-34,39-40,43,47,52,57,59-60,65-66H,1,9-10,13-16,18-19,23,27-28,35-38,41-42H2,2-4H3. The molecule has 0 radical (unpaired) electrons. The Bertz CT molecular complexity index is 2640. The molecule has 0 spiro atoms. The Morgan fingerprint density at radius 1 is 0.831 bits per heavy atom. The van der Waals surface area contributed by atoms with E-state index in [0.29, 0.717) is 49.6 Å². The van der Waals surface area contributed by atoms with Gasteiger partial charge in [-0.25, -0.2) is 0 Å². The monoisotopic (exact) mass is 959 g/mol. The number of rotatable bonds is 21. The van der Waals surface area contributed by atoms with Crippen molar-refractivity contribution < 1.29 is 34.1 Å². The molecule has 0 saturated heterocycles. The van der Waals surface area contributed by atoms with Gasteiger partial charge in [0.05, 0.1) is 18.2 Å². The fourth-order valence-corrected chi connectivity index (χ4v) is 12.1. The molecule has 2 saturated carbocycles. The first-order chi connectivity index (χ1) is 34.6. The zero-order chi connectivity index (χ0) is 49.4. The number of nitrogens with zero attached hydrogens (tertiary/aromatic N) is 2. The van der Waals surface area contributed by atoms with E-state index in [2.05, 4.69) is 90.4 Å². The number of hydrogen-bond donors (Lipinski definition) is 2. The summed E-state index contributed by atoms with van der Waals surface area (Å²) >= 11 is 0. The van der Waals surface area contributed by atoms with Crippen molar-refractivity contribution in [2.75, 3.05) is 19.8 Å². The number of aliphatic hydroxyl groups excluding tert-OH is 2. The number of carbonyl (C=O) groups is 1. The Labute approximate surface area is 421 Å². The maximum absolute atomic E-state index is 15.6. The Hall–Kier alpha value is -5.74.